The molecule has 0 fully saturated rings. The molecule has 2 aromatic rings. The number of sulfonamides is 1. The molecule has 21 heavy (non-hydrogen) atoms. The minimum Gasteiger partial charge on any atom is -0.268 e. The summed E-state index contributed by atoms with van der Waals surface area (Å²) in [7, 11) is -3.88. The predicted octanol–water partition coefficient (Wildman–Crippen LogP) is 4.23. The second-order valence-electron chi connectivity index (χ2n) is 3.98. The van der Waals surface area contributed by atoms with Crippen LogP contribution < -0.4 is 4.72 Å². The lowest BCUT2D eigenvalue weighted by Gasteiger charge is -2.07. The van der Waals surface area contributed by atoms with Crippen LogP contribution in [-0.4, -0.2) is 14.3 Å². The van der Waals surface area contributed by atoms with E-state index in [2.05, 4.69) is 15.9 Å². The number of nitrogens with one attached hydrogen (secondary N) is 1. The van der Waals surface area contributed by atoms with E-state index in [1.165, 1.54) is 12.1 Å². The second kappa shape index (κ2) is 6.91. The largest absolute Gasteiger partial charge is 0.273 e. The molecule has 0 spiro atoms. The number of amides is 1. The Morgan fingerprint density at radius 2 is 1.95 bits per heavy atom. The molecule has 0 atom stereocenters. The number of benzene rings is 1. The first-order valence-corrected chi connectivity index (χ1v) is 8.85. The van der Waals surface area contributed by atoms with Crippen LogP contribution in [0.1, 0.15) is 23.3 Å². The number of halogens is 2. The van der Waals surface area contributed by atoms with E-state index >= 15 is 0 Å². The van der Waals surface area contributed by atoms with Crippen molar-refractivity contribution in [3.8, 4) is 0 Å². The number of hydrogen-bond donors (Lipinski definition) is 1. The first kappa shape index (κ1) is 18.2. The Bertz CT molecular complexity index is 771. The molecule has 0 radical (unpaired) electrons. The van der Waals surface area contributed by atoms with Gasteiger partial charge in [-0.25, -0.2) is 13.1 Å². The number of rotatable bonds is 3. The Balaban J connectivity index is 0.00000220. The quantitative estimate of drug-likeness (QED) is 0.823. The molecular formula is C13H13BrClNO3S2. The van der Waals surface area contributed by atoms with Gasteiger partial charge >= 0.3 is 0 Å². The van der Waals surface area contributed by atoms with Crippen LogP contribution in [0, 0.1) is 6.92 Å². The smallest absolute Gasteiger partial charge is 0.268 e. The molecule has 0 bridgehead atoms. The maximum absolute atomic E-state index is 12.0. The maximum atomic E-state index is 12.0. The van der Waals surface area contributed by atoms with Crippen LogP contribution in [0.5, 0.6) is 0 Å². The van der Waals surface area contributed by atoms with Crippen molar-refractivity contribution < 1.29 is 13.2 Å². The molecule has 0 unspecified atom stereocenters. The number of thiophene rings is 1. The molecule has 1 amide bonds. The lowest BCUT2D eigenvalue weighted by molar-refractivity contribution is 0.0981. The van der Waals surface area contributed by atoms with Gasteiger partial charge in [0, 0.05) is 0 Å². The van der Waals surface area contributed by atoms with E-state index in [1.54, 1.807) is 18.2 Å². The molecule has 0 aliphatic heterocycles. The van der Waals surface area contributed by atoms with Gasteiger partial charge in [0.15, 0.2) is 0 Å². The van der Waals surface area contributed by atoms with E-state index in [9.17, 15) is 13.2 Å². The molecular weight excluding hydrogens is 398 g/mol. The molecule has 8 heteroatoms. The zero-order chi connectivity index (χ0) is 14.9. The summed E-state index contributed by atoms with van der Waals surface area (Å²) in [5.74, 6) is -0.750. The van der Waals surface area contributed by atoms with Crippen LogP contribution in [0.25, 0.3) is 0 Å². The fraction of sp³-hybridized carbons (Fsp3) is 0.154. The molecule has 1 N–H and O–H groups in total. The van der Waals surface area contributed by atoms with E-state index in [0.29, 0.717) is 3.79 Å². The number of aryl methyl sites for hydroxylation is 1. The normalized spacial score (nSPS) is 10.8. The van der Waals surface area contributed by atoms with Gasteiger partial charge in [-0.3, -0.25) is 4.79 Å². The fourth-order valence-electron chi connectivity index (χ4n) is 1.47. The van der Waals surface area contributed by atoms with Gasteiger partial charge in [0.05, 0.1) is 14.4 Å². The van der Waals surface area contributed by atoms with Crippen LogP contribution >= 0.6 is 38.9 Å². The molecule has 0 saturated heterocycles. The zero-order valence-electron chi connectivity index (χ0n) is 10.2. The highest BCUT2D eigenvalue weighted by Gasteiger charge is 2.21. The summed E-state index contributed by atoms with van der Waals surface area (Å²) in [5.41, 5.74) is 1.01. The summed E-state index contributed by atoms with van der Waals surface area (Å²) in [6.45, 7) is 1.83. The lowest BCUT2D eigenvalue weighted by atomic mass is 10.1. The summed E-state index contributed by atoms with van der Waals surface area (Å²) >= 11 is 10.1. The Labute approximate surface area is 141 Å². The van der Waals surface area contributed by atoms with Crippen LogP contribution in [-0.2, 0) is 10.0 Å². The average Bonchev–Trinajstić information content (AvgIpc) is 2.75. The van der Waals surface area contributed by atoms with Crippen molar-refractivity contribution in [2.75, 3.05) is 0 Å². The summed E-state index contributed by atoms with van der Waals surface area (Å²) in [6, 6.07) is 7.80. The van der Waals surface area contributed by atoms with E-state index in [4.69, 9.17) is 11.6 Å². The summed E-state index contributed by atoms with van der Waals surface area (Å²) in [6.07, 6.45) is 0. The molecule has 0 aliphatic rings. The van der Waals surface area contributed by atoms with E-state index in [1.807, 2.05) is 11.6 Å². The molecule has 114 valence electrons. The Morgan fingerprint density at radius 1 is 1.29 bits per heavy atom. The first-order valence-electron chi connectivity index (χ1n) is 5.38. The van der Waals surface area contributed by atoms with Gasteiger partial charge in [-0.05, 0) is 52.7 Å². The van der Waals surface area contributed by atoms with Crippen molar-refractivity contribution in [2.45, 2.75) is 18.6 Å². The first-order chi connectivity index (χ1) is 9.29. The third-order valence-electron chi connectivity index (χ3n) is 2.41. The predicted molar refractivity (Wildman–Crippen MR) is 89.6 cm³/mol. The van der Waals surface area contributed by atoms with Crippen molar-refractivity contribution >= 4 is 54.8 Å². The van der Waals surface area contributed by atoms with Crippen molar-refractivity contribution in [3.05, 3.63) is 50.3 Å². The lowest BCUT2D eigenvalue weighted by Crippen LogP contribution is -2.30. The van der Waals surface area contributed by atoms with Gasteiger partial charge in [-0.15, -0.1) is 11.3 Å². The molecule has 4 nitrogen and oxygen atoms in total. The van der Waals surface area contributed by atoms with Crippen LogP contribution in [0.4, 0.5) is 0 Å². The van der Waals surface area contributed by atoms with Crippen LogP contribution in [0.2, 0.25) is 5.02 Å². The monoisotopic (exact) mass is 409 g/mol. The third-order valence-corrected chi connectivity index (χ3v) is 6.17. The summed E-state index contributed by atoms with van der Waals surface area (Å²) in [4.78, 5) is 12.0. The minimum atomic E-state index is -3.88. The molecule has 0 aliphatic carbocycles. The minimum absolute atomic E-state index is 0. The number of carbonyl (C=O) groups is 1. The highest BCUT2D eigenvalue weighted by atomic mass is 79.9. The SMILES string of the molecule is C.Cc1ccc(C(=O)NS(=O)(=O)c2ccc(Br)s2)c(Cl)c1. The standard InChI is InChI=1S/C12H9BrClNO3S2.CH4/c1-7-2-3-8(9(14)6-7)12(16)15-20(17,18)11-5-4-10(13)19-11;/h2-6H,1H3,(H,15,16);1H4. The van der Waals surface area contributed by atoms with Crippen molar-refractivity contribution in [1.29, 1.82) is 0 Å². The van der Waals surface area contributed by atoms with Crippen molar-refractivity contribution in [3.63, 3.8) is 0 Å². The molecule has 0 saturated carbocycles. The topological polar surface area (TPSA) is 63.2 Å². The maximum Gasteiger partial charge on any atom is 0.273 e. The van der Waals surface area contributed by atoms with Gasteiger partial charge in [0.1, 0.15) is 4.21 Å². The van der Waals surface area contributed by atoms with E-state index in [0.717, 1.165) is 16.9 Å². The van der Waals surface area contributed by atoms with Gasteiger partial charge in [0.2, 0.25) is 0 Å². The third kappa shape index (κ3) is 4.29. The van der Waals surface area contributed by atoms with Gasteiger partial charge < -0.3 is 0 Å². The van der Waals surface area contributed by atoms with Gasteiger partial charge in [-0.1, -0.05) is 25.1 Å². The van der Waals surface area contributed by atoms with Crippen LogP contribution in [0.3, 0.4) is 0 Å². The second-order valence-corrected chi connectivity index (χ2v) is 8.76. The Morgan fingerprint density at radius 3 is 2.48 bits per heavy atom. The van der Waals surface area contributed by atoms with Gasteiger partial charge in [-0.2, -0.15) is 0 Å². The Kier molecular flexibility index (Phi) is 5.98. The molecule has 1 heterocycles. The zero-order valence-corrected chi connectivity index (χ0v) is 14.2. The van der Waals surface area contributed by atoms with E-state index < -0.39 is 15.9 Å². The molecule has 2 rings (SSSR count). The van der Waals surface area contributed by atoms with Gasteiger partial charge in [0.25, 0.3) is 15.9 Å². The Hall–Kier alpha value is -0.890. The van der Waals surface area contributed by atoms with Crippen molar-refractivity contribution in [2.24, 2.45) is 0 Å². The number of carbonyl (C=O) groups excluding carboxylic acids is 1. The highest BCUT2D eigenvalue weighted by molar-refractivity contribution is 9.11. The van der Waals surface area contributed by atoms with Crippen LogP contribution in [0.15, 0.2) is 38.3 Å². The van der Waals surface area contributed by atoms with Crippen molar-refractivity contribution in [1.82, 2.24) is 4.72 Å². The summed E-state index contributed by atoms with van der Waals surface area (Å²) < 4.78 is 26.8. The van der Waals surface area contributed by atoms with E-state index in [-0.39, 0.29) is 22.2 Å². The fourth-order valence-corrected chi connectivity index (χ4v) is 4.77. The average molecular weight is 411 g/mol. The number of hydrogen-bond acceptors (Lipinski definition) is 4. The highest BCUT2D eigenvalue weighted by Crippen LogP contribution is 2.26. The molecule has 1 aromatic carbocycles. The molecule has 1 aromatic heterocycles. The summed E-state index contributed by atoms with van der Waals surface area (Å²) in [5, 5.41) is 0.213.